The van der Waals surface area contributed by atoms with Gasteiger partial charge in [0, 0.05) is 22.8 Å². The number of para-hydroxylation sites is 1. The number of nitrogens with zero attached hydrogens (tertiary/aromatic N) is 1. The fourth-order valence-corrected chi connectivity index (χ4v) is 2.88. The molecule has 1 heterocycles. The van der Waals surface area contributed by atoms with Gasteiger partial charge in [0.1, 0.15) is 6.54 Å². The molecule has 118 valence electrons. The summed E-state index contributed by atoms with van der Waals surface area (Å²) in [5.41, 5.74) is 3.36. The van der Waals surface area contributed by atoms with Crippen LogP contribution in [0.3, 0.4) is 0 Å². The summed E-state index contributed by atoms with van der Waals surface area (Å²) >= 11 is 5.87. The molecule has 1 N–H and O–H groups in total. The van der Waals surface area contributed by atoms with Gasteiger partial charge in [-0.25, -0.2) is 0 Å². The molecular formula is C19H19ClN2O. The van der Waals surface area contributed by atoms with Crippen LogP contribution in [0.1, 0.15) is 11.3 Å². The maximum atomic E-state index is 12.2. The van der Waals surface area contributed by atoms with Crippen LogP contribution in [-0.4, -0.2) is 17.0 Å². The molecule has 4 heteroatoms. The van der Waals surface area contributed by atoms with E-state index in [1.807, 2.05) is 54.0 Å². The third-order valence-electron chi connectivity index (χ3n) is 3.97. The number of hydrogen-bond donors (Lipinski definition) is 1. The average molecular weight is 327 g/mol. The molecule has 0 radical (unpaired) electrons. The minimum absolute atomic E-state index is 0.0309. The molecule has 23 heavy (non-hydrogen) atoms. The second-order valence-electron chi connectivity index (χ2n) is 5.66. The molecule has 1 aromatic heterocycles. The van der Waals surface area contributed by atoms with Gasteiger partial charge in [0.25, 0.3) is 0 Å². The molecule has 0 aliphatic heterocycles. The first-order chi connectivity index (χ1) is 11.1. The van der Waals surface area contributed by atoms with Gasteiger partial charge in [0.05, 0.1) is 0 Å². The fourth-order valence-electron chi connectivity index (χ4n) is 2.76. The number of hydrogen-bond acceptors (Lipinski definition) is 1. The molecule has 0 spiro atoms. The number of nitrogens with one attached hydrogen (secondary N) is 1. The smallest absolute Gasteiger partial charge is 0.239 e. The Morgan fingerprint density at radius 1 is 1.13 bits per heavy atom. The minimum Gasteiger partial charge on any atom is -0.354 e. The Morgan fingerprint density at radius 2 is 1.87 bits per heavy atom. The molecule has 0 unspecified atom stereocenters. The van der Waals surface area contributed by atoms with Gasteiger partial charge in [-0.05, 0) is 48.6 Å². The number of rotatable bonds is 5. The predicted octanol–water partition coefficient (Wildman–Crippen LogP) is 3.96. The lowest BCUT2D eigenvalue weighted by atomic mass is 10.1. The van der Waals surface area contributed by atoms with Gasteiger partial charge in [0.2, 0.25) is 5.91 Å². The summed E-state index contributed by atoms with van der Waals surface area (Å²) in [6.45, 7) is 3.00. The summed E-state index contributed by atoms with van der Waals surface area (Å²) in [5.74, 6) is 0.0309. The quantitative estimate of drug-likeness (QED) is 0.756. The van der Waals surface area contributed by atoms with Crippen molar-refractivity contribution in [2.75, 3.05) is 6.54 Å². The van der Waals surface area contributed by atoms with E-state index in [2.05, 4.69) is 17.4 Å². The maximum Gasteiger partial charge on any atom is 0.239 e. The Morgan fingerprint density at radius 3 is 2.65 bits per heavy atom. The van der Waals surface area contributed by atoms with Gasteiger partial charge < -0.3 is 9.88 Å². The Bertz CT molecular complexity index is 821. The number of halogens is 1. The molecule has 0 aliphatic carbocycles. The molecule has 0 bridgehead atoms. The lowest BCUT2D eigenvalue weighted by Crippen LogP contribution is -2.29. The van der Waals surface area contributed by atoms with E-state index in [-0.39, 0.29) is 5.91 Å². The summed E-state index contributed by atoms with van der Waals surface area (Å²) in [7, 11) is 0. The number of benzene rings is 2. The second-order valence-corrected chi connectivity index (χ2v) is 6.09. The Balaban J connectivity index is 1.58. The Hall–Kier alpha value is -2.26. The zero-order valence-electron chi connectivity index (χ0n) is 13.1. The topological polar surface area (TPSA) is 34.0 Å². The summed E-state index contributed by atoms with van der Waals surface area (Å²) < 4.78 is 2.05. The third kappa shape index (κ3) is 3.74. The summed E-state index contributed by atoms with van der Waals surface area (Å²) in [5, 5.41) is 4.88. The van der Waals surface area contributed by atoms with Crippen molar-refractivity contribution in [3.63, 3.8) is 0 Å². The molecule has 3 nitrogen and oxygen atoms in total. The van der Waals surface area contributed by atoms with Gasteiger partial charge in [-0.1, -0.05) is 41.9 Å². The summed E-state index contributed by atoms with van der Waals surface area (Å²) in [6, 6.07) is 17.9. The number of carbonyl (C=O) groups is 1. The van der Waals surface area contributed by atoms with Gasteiger partial charge >= 0.3 is 0 Å². The molecule has 0 saturated carbocycles. The van der Waals surface area contributed by atoms with E-state index in [1.165, 1.54) is 5.39 Å². The average Bonchev–Trinajstić information content (AvgIpc) is 2.85. The van der Waals surface area contributed by atoms with E-state index in [0.29, 0.717) is 13.1 Å². The molecule has 3 rings (SSSR count). The van der Waals surface area contributed by atoms with Crippen molar-refractivity contribution in [1.29, 1.82) is 0 Å². The predicted molar refractivity (Wildman–Crippen MR) is 94.8 cm³/mol. The minimum atomic E-state index is 0.0309. The SMILES string of the molecule is Cc1cc2ccccc2n1CC(=O)NCCc1ccc(Cl)cc1. The zero-order chi connectivity index (χ0) is 16.2. The molecule has 0 fully saturated rings. The molecule has 1 amide bonds. The highest BCUT2D eigenvalue weighted by atomic mass is 35.5. The van der Waals surface area contributed by atoms with Crippen molar-refractivity contribution in [3.05, 3.63) is 70.9 Å². The maximum absolute atomic E-state index is 12.2. The highest BCUT2D eigenvalue weighted by Gasteiger charge is 2.09. The molecule has 0 aliphatic rings. The van der Waals surface area contributed by atoms with Crippen molar-refractivity contribution < 1.29 is 4.79 Å². The van der Waals surface area contributed by atoms with Gasteiger partial charge in [-0.15, -0.1) is 0 Å². The van der Waals surface area contributed by atoms with E-state index in [1.54, 1.807) is 0 Å². The molecular weight excluding hydrogens is 308 g/mol. The summed E-state index contributed by atoms with van der Waals surface area (Å²) in [4.78, 5) is 12.2. The van der Waals surface area contributed by atoms with Crippen molar-refractivity contribution in [1.82, 2.24) is 9.88 Å². The molecule has 0 saturated heterocycles. The first kappa shape index (κ1) is 15.6. The monoisotopic (exact) mass is 326 g/mol. The highest BCUT2D eigenvalue weighted by Crippen LogP contribution is 2.18. The zero-order valence-corrected chi connectivity index (χ0v) is 13.8. The van der Waals surface area contributed by atoms with Crippen LogP contribution in [0.15, 0.2) is 54.6 Å². The standard InChI is InChI=1S/C19H19ClN2O/c1-14-12-16-4-2-3-5-18(16)22(14)13-19(23)21-11-10-15-6-8-17(20)9-7-15/h2-9,12H,10-11,13H2,1H3,(H,21,23). The van der Waals surface area contributed by atoms with Crippen LogP contribution in [0.25, 0.3) is 10.9 Å². The fraction of sp³-hybridized carbons (Fsp3) is 0.211. The van der Waals surface area contributed by atoms with E-state index < -0.39 is 0 Å². The Kier molecular flexibility index (Phi) is 4.68. The van der Waals surface area contributed by atoms with E-state index in [4.69, 9.17) is 11.6 Å². The number of aryl methyl sites for hydroxylation is 1. The number of aromatic nitrogens is 1. The molecule has 2 aromatic carbocycles. The van der Waals surface area contributed by atoms with Crippen molar-refractivity contribution in [3.8, 4) is 0 Å². The lowest BCUT2D eigenvalue weighted by molar-refractivity contribution is -0.121. The van der Waals surface area contributed by atoms with Crippen LogP contribution < -0.4 is 5.32 Å². The number of carbonyl (C=O) groups excluding carboxylic acids is 1. The van der Waals surface area contributed by atoms with Gasteiger partial charge in [-0.3, -0.25) is 4.79 Å². The van der Waals surface area contributed by atoms with Crippen LogP contribution in [-0.2, 0) is 17.8 Å². The van der Waals surface area contributed by atoms with Crippen molar-refractivity contribution in [2.24, 2.45) is 0 Å². The van der Waals surface area contributed by atoms with Crippen molar-refractivity contribution in [2.45, 2.75) is 19.9 Å². The Labute approximate surface area is 140 Å². The molecule has 0 atom stereocenters. The van der Waals surface area contributed by atoms with Crippen LogP contribution in [0, 0.1) is 6.92 Å². The number of fused-ring (bicyclic) bond motifs is 1. The second kappa shape index (κ2) is 6.88. The number of amides is 1. The lowest BCUT2D eigenvalue weighted by Gasteiger charge is -2.09. The van der Waals surface area contributed by atoms with Crippen molar-refractivity contribution >= 4 is 28.4 Å². The van der Waals surface area contributed by atoms with Crippen LogP contribution in [0.2, 0.25) is 5.02 Å². The van der Waals surface area contributed by atoms with Gasteiger partial charge in [-0.2, -0.15) is 0 Å². The largest absolute Gasteiger partial charge is 0.354 e. The summed E-state index contributed by atoms with van der Waals surface area (Å²) in [6.07, 6.45) is 0.800. The van der Waals surface area contributed by atoms with Crippen LogP contribution in [0.4, 0.5) is 0 Å². The molecule has 3 aromatic rings. The van der Waals surface area contributed by atoms with Crippen LogP contribution in [0.5, 0.6) is 0 Å². The van der Waals surface area contributed by atoms with E-state index >= 15 is 0 Å². The van der Waals surface area contributed by atoms with Gasteiger partial charge in [0.15, 0.2) is 0 Å². The first-order valence-corrected chi connectivity index (χ1v) is 8.07. The first-order valence-electron chi connectivity index (χ1n) is 7.69. The normalized spacial score (nSPS) is 10.9. The highest BCUT2D eigenvalue weighted by molar-refractivity contribution is 6.30. The third-order valence-corrected chi connectivity index (χ3v) is 4.22. The van der Waals surface area contributed by atoms with E-state index in [9.17, 15) is 4.79 Å². The van der Waals surface area contributed by atoms with Crippen LogP contribution >= 0.6 is 11.6 Å². The van der Waals surface area contributed by atoms with E-state index in [0.717, 1.165) is 28.2 Å².